The number of hydrogen-bond acceptors (Lipinski definition) is 10. The van der Waals surface area contributed by atoms with Crippen LogP contribution in [0.2, 0.25) is 5.02 Å². The molecule has 4 N–H and O–H groups in total. The molecule has 1 aliphatic rings. The van der Waals surface area contributed by atoms with Crippen molar-refractivity contribution in [3.8, 4) is 23.2 Å². The molecule has 0 bridgehead atoms. The van der Waals surface area contributed by atoms with E-state index >= 15 is 0 Å². The number of ketones is 1. The van der Waals surface area contributed by atoms with Crippen LogP contribution < -0.4 is 20.7 Å². The van der Waals surface area contributed by atoms with Gasteiger partial charge in [0.1, 0.15) is 29.7 Å². The number of hydrogen-bond donors (Lipinski definition) is 3. The molecule has 0 radical (unpaired) electrons. The number of methoxy groups -OCH3 is 1. The summed E-state index contributed by atoms with van der Waals surface area (Å²) in [6.07, 6.45) is -0.687. The highest BCUT2D eigenvalue weighted by molar-refractivity contribution is 6.33. The van der Waals surface area contributed by atoms with Crippen LogP contribution in [0, 0.1) is 23.7 Å². The van der Waals surface area contributed by atoms with Crippen molar-refractivity contribution in [1.29, 1.82) is 5.26 Å². The fourth-order valence-electron chi connectivity index (χ4n) is 4.36. The maximum Gasteiger partial charge on any atom is 0.163 e. The lowest BCUT2D eigenvalue weighted by Crippen LogP contribution is -2.58. The second-order valence-electron chi connectivity index (χ2n) is 9.30. The van der Waals surface area contributed by atoms with E-state index in [4.69, 9.17) is 36.8 Å². The fraction of sp³-hybridized carbons (Fsp3) is 0.462. The molecule has 2 heterocycles. The molecule has 1 aromatic heterocycles. The van der Waals surface area contributed by atoms with Crippen LogP contribution in [0.5, 0.6) is 5.75 Å². The number of anilines is 1. The number of nitrogens with one attached hydrogen (secondary N) is 1. The number of nitrogens with two attached hydrogens (primary N) is 1. The average molecular weight is 529 g/mol. The number of nitriles is 1. The van der Waals surface area contributed by atoms with Crippen LogP contribution >= 0.6 is 11.6 Å². The zero-order valence-electron chi connectivity index (χ0n) is 21.8. The maximum atomic E-state index is 12.6. The number of ether oxygens (including phenoxy) is 2. The van der Waals surface area contributed by atoms with Crippen LogP contribution in [0.25, 0.3) is 17.0 Å². The molecule has 1 aliphatic heterocycles. The standard InChI is InChI=1S/C26H33ClN6O4/c1-15-23(22(16(2)29)17(3)34)31-24(32-25(15)33-12-26(11-28,13-33)14-36-5)20-8-19(6-7-21(20)27)37-10-18(35)9-30-4/h6-8,18,30,35H,9-10,12-14,29H2,1-5H3/t18-/m1/s1. The summed E-state index contributed by atoms with van der Waals surface area (Å²) < 4.78 is 11.0. The van der Waals surface area contributed by atoms with Crippen LogP contribution in [0.1, 0.15) is 25.1 Å². The molecule has 1 aromatic carbocycles. The van der Waals surface area contributed by atoms with Gasteiger partial charge in [-0.05, 0) is 46.0 Å². The highest BCUT2D eigenvalue weighted by Crippen LogP contribution is 2.39. The van der Waals surface area contributed by atoms with Gasteiger partial charge in [0, 0.05) is 43.6 Å². The SMILES string of the molecule is CNC[C@@H](O)COc1ccc(Cl)c(-c2nc(C(C(C)=O)=C(C)N)c(C)c(N3CC(C#N)(COC)C3)n2)c1. The molecule has 0 unspecified atom stereocenters. The van der Waals surface area contributed by atoms with E-state index in [2.05, 4.69) is 11.4 Å². The first-order valence-corrected chi connectivity index (χ1v) is 12.2. The second-order valence-corrected chi connectivity index (χ2v) is 9.71. The van der Waals surface area contributed by atoms with Gasteiger partial charge < -0.3 is 30.5 Å². The van der Waals surface area contributed by atoms with Gasteiger partial charge in [-0.1, -0.05) is 11.6 Å². The molecule has 0 saturated carbocycles. The highest BCUT2D eigenvalue weighted by Gasteiger charge is 2.45. The van der Waals surface area contributed by atoms with Gasteiger partial charge in [0.2, 0.25) is 0 Å². The summed E-state index contributed by atoms with van der Waals surface area (Å²) in [7, 11) is 3.31. The minimum Gasteiger partial charge on any atom is -0.491 e. The molecule has 1 saturated heterocycles. The van der Waals surface area contributed by atoms with Crippen molar-refractivity contribution in [2.24, 2.45) is 11.1 Å². The molecule has 0 aliphatic carbocycles. The Morgan fingerprint density at radius 1 is 1.38 bits per heavy atom. The van der Waals surface area contributed by atoms with Gasteiger partial charge in [-0.2, -0.15) is 5.26 Å². The van der Waals surface area contributed by atoms with E-state index in [0.717, 1.165) is 0 Å². The number of aliphatic hydroxyl groups is 1. The third kappa shape index (κ3) is 6.19. The lowest BCUT2D eigenvalue weighted by Gasteiger charge is -2.46. The highest BCUT2D eigenvalue weighted by atomic mass is 35.5. The summed E-state index contributed by atoms with van der Waals surface area (Å²) in [5.74, 6) is 1.11. The minimum absolute atomic E-state index is 0.0836. The molecule has 1 atom stereocenters. The summed E-state index contributed by atoms with van der Waals surface area (Å²) in [5, 5.41) is 23.0. The van der Waals surface area contributed by atoms with Crippen LogP contribution in [0.3, 0.4) is 0 Å². The quantitative estimate of drug-likeness (QED) is 0.371. The van der Waals surface area contributed by atoms with E-state index in [1.54, 1.807) is 39.3 Å². The molecule has 1 fully saturated rings. The van der Waals surface area contributed by atoms with Gasteiger partial charge in [0.25, 0.3) is 0 Å². The predicted octanol–water partition coefficient (Wildman–Crippen LogP) is 2.32. The number of allylic oxidation sites excluding steroid dienone is 2. The van der Waals surface area contributed by atoms with Gasteiger partial charge >= 0.3 is 0 Å². The van der Waals surface area contributed by atoms with Gasteiger partial charge in [0.15, 0.2) is 11.6 Å². The van der Waals surface area contributed by atoms with E-state index in [-0.39, 0.29) is 18.2 Å². The van der Waals surface area contributed by atoms with Crippen molar-refractivity contribution >= 4 is 28.8 Å². The number of carbonyl (C=O) groups excluding carboxylic acids is 1. The Morgan fingerprint density at radius 3 is 2.65 bits per heavy atom. The van der Waals surface area contributed by atoms with Crippen LogP contribution in [-0.4, -0.2) is 74.0 Å². The smallest absolute Gasteiger partial charge is 0.163 e. The van der Waals surface area contributed by atoms with Crippen molar-refractivity contribution in [2.75, 3.05) is 51.9 Å². The normalized spacial score (nSPS) is 15.9. The van der Waals surface area contributed by atoms with E-state index < -0.39 is 11.5 Å². The number of Topliss-reactive ketones (excluding diaryl/α,β-unsaturated/α-hetero) is 1. The number of likely N-dealkylation sites (N-methyl/N-ethyl adjacent to an activating group) is 1. The molecular formula is C26H33ClN6O4. The van der Waals surface area contributed by atoms with E-state index in [1.807, 2.05) is 11.8 Å². The molecule has 10 nitrogen and oxygen atoms in total. The van der Waals surface area contributed by atoms with Crippen molar-refractivity contribution < 1.29 is 19.4 Å². The molecule has 11 heteroatoms. The molecule has 0 spiro atoms. The molecular weight excluding hydrogens is 496 g/mol. The first-order chi connectivity index (χ1) is 17.6. The summed E-state index contributed by atoms with van der Waals surface area (Å²) in [6.45, 7) is 6.51. The number of halogens is 1. The predicted molar refractivity (Wildman–Crippen MR) is 142 cm³/mol. The summed E-state index contributed by atoms with van der Waals surface area (Å²) >= 11 is 6.56. The van der Waals surface area contributed by atoms with Gasteiger partial charge in [0.05, 0.1) is 29.0 Å². The molecule has 2 aromatic rings. The average Bonchev–Trinajstić information content (AvgIpc) is 2.82. The van der Waals surface area contributed by atoms with Gasteiger partial charge in [-0.15, -0.1) is 0 Å². The van der Waals surface area contributed by atoms with Crippen LogP contribution in [-0.2, 0) is 9.53 Å². The van der Waals surface area contributed by atoms with E-state index in [1.165, 1.54) is 6.92 Å². The minimum atomic E-state index is -0.687. The number of nitrogens with zero attached hydrogens (tertiary/aromatic N) is 4. The van der Waals surface area contributed by atoms with Crippen molar-refractivity contribution in [3.63, 3.8) is 0 Å². The maximum absolute atomic E-state index is 12.6. The largest absolute Gasteiger partial charge is 0.491 e. The number of rotatable bonds is 11. The first kappa shape index (κ1) is 28.3. The van der Waals surface area contributed by atoms with E-state index in [9.17, 15) is 15.2 Å². The molecule has 0 amide bonds. The summed E-state index contributed by atoms with van der Waals surface area (Å²) in [6, 6.07) is 7.40. The Balaban J connectivity index is 2.11. The summed E-state index contributed by atoms with van der Waals surface area (Å²) in [4.78, 5) is 24.0. The Hall–Kier alpha value is -3.23. The molecule has 37 heavy (non-hydrogen) atoms. The zero-order chi connectivity index (χ0) is 27.3. The Bertz CT molecular complexity index is 1230. The van der Waals surface area contributed by atoms with Gasteiger partial charge in [-0.25, -0.2) is 9.97 Å². The lowest BCUT2D eigenvalue weighted by atomic mass is 9.82. The molecule has 3 rings (SSSR count). The monoisotopic (exact) mass is 528 g/mol. The van der Waals surface area contributed by atoms with Crippen molar-refractivity contribution in [3.05, 3.63) is 40.2 Å². The zero-order valence-corrected chi connectivity index (χ0v) is 22.5. The van der Waals surface area contributed by atoms with Crippen LogP contribution in [0.4, 0.5) is 5.82 Å². The summed E-state index contributed by atoms with van der Waals surface area (Å²) in [5.41, 5.74) is 7.65. The fourth-order valence-corrected chi connectivity index (χ4v) is 4.57. The number of aromatic nitrogens is 2. The van der Waals surface area contributed by atoms with Gasteiger partial charge in [-0.3, -0.25) is 4.79 Å². The molecule has 198 valence electrons. The number of benzene rings is 1. The lowest BCUT2D eigenvalue weighted by molar-refractivity contribution is -0.111. The van der Waals surface area contributed by atoms with Crippen LogP contribution in [0.15, 0.2) is 23.9 Å². The Kier molecular flexibility index (Phi) is 9.10. The third-order valence-electron chi connectivity index (χ3n) is 6.11. The Morgan fingerprint density at radius 2 is 2.08 bits per heavy atom. The number of aliphatic hydroxyl groups excluding tert-OH is 1. The topological polar surface area (TPSA) is 147 Å². The second kappa shape index (κ2) is 11.9. The number of carbonyl (C=O) groups is 1. The third-order valence-corrected chi connectivity index (χ3v) is 6.44. The first-order valence-electron chi connectivity index (χ1n) is 11.8. The van der Waals surface area contributed by atoms with Crippen molar-refractivity contribution in [2.45, 2.75) is 26.9 Å². The van der Waals surface area contributed by atoms with Crippen molar-refractivity contribution in [1.82, 2.24) is 15.3 Å². The van der Waals surface area contributed by atoms with E-state index in [0.29, 0.717) is 70.9 Å². The Labute approximate surface area is 222 Å².